The molecule has 0 spiro atoms. The first kappa shape index (κ1) is 7.04. The highest BCUT2D eigenvalue weighted by Gasteiger charge is 2.55. The second kappa shape index (κ2) is 1.91. The summed E-state index contributed by atoms with van der Waals surface area (Å²) in [5.41, 5.74) is 0. The Labute approximate surface area is 70.7 Å². The van der Waals surface area contributed by atoms with Crippen LogP contribution >= 0.6 is 0 Å². The van der Waals surface area contributed by atoms with Gasteiger partial charge in [0.25, 0.3) is 0 Å². The molecule has 4 fully saturated rings. The molecular weight excluding hydrogens is 156 g/mol. The molecule has 0 aromatic rings. The molecule has 3 heteroatoms. The Balaban J connectivity index is 2.00. The zero-order valence-electron chi connectivity index (χ0n) is 6.82. The lowest BCUT2D eigenvalue weighted by molar-refractivity contribution is -0.305. The monoisotopic (exact) mass is 168 g/mol. The van der Waals surface area contributed by atoms with Gasteiger partial charge in [-0.05, 0) is 12.8 Å². The number of aliphatic hydroxyl groups is 1. The van der Waals surface area contributed by atoms with Crippen molar-refractivity contribution in [2.75, 3.05) is 0 Å². The molecule has 4 bridgehead atoms. The molecule has 2 unspecified atom stereocenters. The van der Waals surface area contributed by atoms with Crippen molar-refractivity contribution in [2.24, 2.45) is 11.8 Å². The van der Waals surface area contributed by atoms with E-state index in [1.165, 1.54) is 0 Å². The smallest absolute Gasteiger partial charge is 0.167 e. The third-order valence-electron chi connectivity index (χ3n) is 3.42. The van der Waals surface area contributed by atoms with Crippen LogP contribution in [-0.2, 0) is 9.53 Å². The van der Waals surface area contributed by atoms with Crippen LogP contribution in [0.2, 0.25) is 0 Å². The minimum atomic E-state index is -0.940. The summed E-state index contributed by atoms with van der Waals surface area (Å²) in [7, 11) is 0. The highest BCUT2D eigenvalue weighted by atomic mass is 16.6. The lowest BCUT2D eigenvalue weighted by atomic mass is 9.65. The maximum atomic E-state index is 11.5. The van der Waals surface area contributed by atoms with Crippen LogP contribution in [0.15, 0.2) is 0 Å². The molecule has 66 valence electrons. The van der Waals surface area contributed by atoms with Crippen LogP contribution < -0.4 is 0 Å². The fraction of sp³-hybridized carbons (Fsp3) is 0.889. The second-order valence-electron chi connectivity index (χ2n) is 4.36. The zero-order valence-corrected chi connectivity index (χ0v) is 6.82. The molecule has 0 amide bonds. The van der Waals surface area contributed by atoms with Gasteiger partial charge in [0, 0.05) is 24.7 Å². The van der Waals surface area contributed by atoms with Crippen molar-refractivity contribution in [3.05, 3.63) is 0 Å². The van der Waals surface area contributed by atoms with Gasteiger partial charge in [0.15, 0.2) is 5.79 Å². The largest absolute Gasteiger partial charge is 0.365 e. The van der Waals surface area contributed by atoms with E-state index in [0.29, 0.717) is 18.6 Å². The fourth-order valence-corrected chi connectivity index (χ4v) is 3.02. The van der Waals surface area contributed by atoms with Gasteiger partial charge in [-0.15, -0.1) is 0 Å². The molecule has 2 saturated heterocycles. The molecule has 1 N–H and O–H groups in total. The molecule has 12 heavy (non-hydrogen) atoms. The van der Waals surface area contributed by atoms with E-state index in [2.05, 4.69) is 0 Å². The summed E-state index contributed by atoms with van der Waals surface area (Å²) >= 11 is 0. The maximum absolute atomic E-state index is 11.5. The second-order valence-corrected chi connectivity index (χ2v) is 4.36. The van der Waals surface area contributed by atoms with E-state index in [-0.39, 0.29) is 17.9 Å². The highest BCUT2D eigenvalue weighted by Crippen LogP contribution is 2.49. The third-order valence-corrected chi connectivity index (χ3v) is 3.42. The zero-order chi connectivity index (χ0) is 8.34. The van der Waals surface area contributed by atoms with Crippen molar-refractivity contribution < 1.29 is 14.6 Å². The number of ether oxygens (including phenoxy) is 1. The van der Waals surface area contributed by atoms with Crippen molar-refractivity contribution >= 4 is 5.78 Å². The van der Waals surface area contributed by atoms with Gasteiger partial charge in [-0.25, -0.2) is 0 Å². The number of carbonyl (C=O) groups is 1. The van der Waals surface area contributed by atoms with E-state index in [4.69, 9.17) is 4.74 Å². The molecule has 2 saturated carbocycles. The molecule has 4 aliphatic rings. The Morgan fingerprint density at radius 2 is 1.92 bits per heavy atom. The first-order valence-corrected chi connectivity index (χ1v) is 4.60. The fourth-order valence-electron chi connectivity index (χ4n) is 3.02. The standard InChI is InChI=1S/C9H12O3/c10-8-5-1-7-2-6(8)4-9(11,3-5)12-7/h5-7,11H,1-4H2/t5-,6+,7?,9?. The van der Waals surface area contributed by atoms with E-state index in [0.717, 1.165) is 12.8 Å². The molecule has 0 aromatic heterocycles. The van der Waals surface area contributed by atoms with Gasteiger partial charge in [-0.1, -0.05) is 0 Å². The van der Waals surface area contributed by atoms with Crippen LogP contribution in [0.3, 0.4) is 0 Å². The van der Waals surface area contributed by atoms with Gasteiger partial charge >= 0.3 is 0 Å². The summed E-state index contributed by atoms with van der Waals surface area (Å²) < 4.78 is 5.46. The first-order chi connectivity index (χ1) is 5.66. The molecule has 2 aliphatic carbocycles. The molecule has 4 rings (SSSR count). The summed E-state index contributed by atoms with van der Waals surface area (Å²) in [5.74, 6) is -0.369. The average molecular weight is 168 g/mol. The third kappa shape index (κ3) is 0.756. The van der Waals surface area contributed by atoms with Crippen LogP contribution in [-0.4, -0.2) is 22.8 Å². The van der Waals surface area contributed by atoms with Crippen molar-refractivity contribution in [1.29, 1.82) is 0 Å². The first-order valence-electron chi connectivity index (χ1n) is 4.60. The summed E-state index contributed by atoms with van der Waals surface area (Å²) in [4.78, 5) is 11.5. The molecular formula is C9H12O3. The van der Waals surface area contributed by atoms with Crippen molar-refractivity contribution in [2.45, 2.75) is 37.6 Å². The number of Topliss-reactive ketones (excluding diaryl/α,β-unsaturated/α-hetero) is 1. The van der Waals surface area contributed by atoms with Gasteiger partial charge in [0.2, 0.25) is 0 Å². The SMILES string of the molecule is O=C1[C@@H]2CC3C[C@H]1CC(O)(C2)O3. The summed E-state index contributed by atoms with van der Waals surface area (Å²) in [6, 6.07) is 0. The molecule has 3 nitrogen and oxygen atoms in total. The number of carbonyl (C=O) groups excluding carboxylic acids is 1. The lowest BCUT2D eigenvalue weighted by Crippen LogP contribution is -2.58. The van der Waals surface area contributed by atoms with Crippen LogP contribution in [0.1, 0.15) is 25.7 Å². The predicted molar refractivity (Wildman–Crippen MR) is 40.3 cm³/mol. The predicted octanol–water partition coefficient (Wildman–Crippen LogP) is 0.463. The summed E-state index contributed by atoms with van der Waals surface area (Å²) in [6.07, 6.45) is 2.93. The Morgan fingerprint density at radius 1 is 1.33 bits per heavy atom. The van der Waals surface area contributed by atoms with Gasteiger partial charge in [-0.3, -0.25) is 4.79 Å². The number of rotatable bonds is 0. The van der Waals surface area contributed by atoms with Gasteiger partial charge in [-0.2, -0.15) is 0 Å². The summed E-state index contributed by atoms with van der Waals surface area (Å²) in [6.45, 7) is 0. The molecule has 0 aromatic carbocycles. The van der Waals surface area contributed by atoms with Crippen molar-refractivity contribution in [1.82, 2.24) is 0 Å². The summed E-state index contributed by atoms with van der Waals surface area (Å²) in [5, 5.41) is 9.85. The minimum Gasteiger partial charge on any atom is -0.365 e. The van der Waals surface area contributed by atoms with Gasteiger partial charge in [0.05, 0.1) is 6.10 Å². The number of hydrogen-bond donors (Lipinski definition) is 1. The van der Waals surface area contributed by atoms with Crippen molar-refractivity contribution in [3.63, 3.8) is 0 Å². The highest BCUT2D eigenvalue weighted by molar-refractivity contribution is 5.85. The molecule has 0 radical (unpaired) electrons. The topological polar surface area (TPSA) is 46.5 Å². The van der Waals surface area contributed by atoms with Crippen LogP contribution in [0.25, 0.3) is 0 Å². The van der Waals surface area contributed by atoms with Crippen LogP contribution in [0.5, 0.6) is 0 Å². The Morgan fingerprint density at radius 3 is 2.42 bits per heavy atom. The number of ketones is 1. The van der Waals surface area contributed by atoms with Crippen LogP contribution in [0, 0.1) is 11.8 Å². The molecule has 2 aliphatic heterocycles. The van der Waals surface area contributed by atoms with E-state index in [1.807, 2.05) is 0 Å². The molecule has 2 heterocycles. The van der Waals surface area contributed by atoms with E-state index in [9.17, 15) is 9.90 Å². The quantitative estimate of drug-likeness (QED) is 0.571. The minimum absolute atomic E-state index is 0.0984. The Bertz CT molecular complexity index is 230. The average Bonchev–Trinajstić information content (AvgIpc) is 1.96. The lowest BCUT2D eigenvalue weighted by Gasteiger charge is -2.52. The maximum Gasteiger partial charge on any atom is 0.167 e. The normalized spacial score (nSPS) is 56.4. The van der Waals surface area contributed by atoms with Crippen molar-refractivity contribution in [3.8, 4) is 0 Å². The Kier molecular flexibility index (Phi) is 1.12. The number of hydrogen-bond acceptors (Lipinski definition) is 3. The van der Waals surface area contributed by atoms with E-state index >= 15 is 0 Å². The molecule has 4 atom stereocenters. The van der Waals surface area contributed by atoms with Gasteiger partial charge in [0.1, 0.15) is 5.78 Å². The van der Waals surface area contributed by atoms with Crippen LogP contribution in [0.4, 0.5) is 0 Å². The van der Waals surface area contributed by atoms with Gasteiger partial charge < -0.3 is 9.84 Å². The van der Waals surface area contributed by atoms with E-state index in [1.54, 1.807) is 0 Å². The Hall–Kier alpha value is -0.410. The van der Waals surface area contributed by atoms with E-state index < -0.39 is 5.79 Å².